The van der Waals surface area contributed by atoms with Crippen molar-refractivity contribution in [3.8, 4) is 5.75 Å². The molecule has 2 aliphatic heterocycles. The number of aromatic hydroxyl groups is 1. The average molecular weight is 463 g/mol. The van der Waals surface area contributed by atoms with Crippen LogP contribution in [-0.4, -0.2) is 47.8 Å². The molecule has 0 aromatic heterocycles. The zero-order valence-electron chi connectivity index (χ0n) is 16.0. The fraction of sp³-hybridized carbons (Fsp3) is 0.421. The van der Waals surface area contributed by atoms with Gasteiger partial charge in [0.05, 0.1) is 18.9 Å². The Morgan fingerprint density at radius 1 is 1.33 bits per heavy atom. The third kappa shape index (κ3) is 5.45. The van der Waals surface area contributed by atoms with Crippen molar-refractivity contribution in [1.82, 2.24) is 0 Å². The maximum Gasteiger partial charge on any atom is 0.446 e. The lowest BCUT2D eigenvalue weighted by atomic mass is 10.1. The summed E-state index contributed by atoms with van der Waals surface area (Å²) in [7, 11) is 0. The van der Waals surface area contributed by atoms with Crippen LogP contribution in [0.1, 0.15) is 13.3 Å². The summed E-state index contributed by atoms with van der Waals surface area (Å²) in [4.78, 5) is 14.1. The minimum atomic E-state index is -4.49. The summed E-state index contributed by atoms with van der Waals surface area (Å²) in [6, 6.07) is 2.52. The molecule has 3 rings (SSSR count). The predicted molar refractivity (Wildman–Crippen MR) is 110 cm³/mol. The van der Waals surface area contributed by atoms with Gasteiger partial charge in [-0.15, -0.1) is 11.8 Å². The number of carbonyl (C=O) groups is 1. The van der Waals surface area contributed by atoms with Gasteiger partial charge in [0.15, 0.2) is 6.29 Å². The van der Waals surface area contributed by atoms with Crippen molar-refractivity contribution in [3.05, 3.63) is 41.0 Å². The van der Waals surface area contributed by atoms with Crippen LogP contribution in [0.15, 0.2) is 45.8 Å². The summed E-state index contributed by atoms with van der Waals surface area (Å²) in [5.41, 5.74) is 1.75. The predicted octanol–water partition coefficient (Wildman–Crippen LogP) is 3.96. The molecule has 0 aliphatic carbocycles. The number of alkyl halides is 3. The van der Waals surface area contributed by atoms with Gasteiger partial charge in [0, 0.05) is 21.6 Å². The van der Waals surface area contributed by atoms with Crippen LogP contribution in [0.25, 0.3) is 0 Å². The first-order chi connectivity index (χ1) is 14.2. The topological polar surface area (TPSA) is 85.0 Å². The second-order valence-electron chi connectivity index (χ2n) is 6.45. The van der Waals surface area contributed by atoms with Crippen molar-refractivity contribution in [2.75, 3.05) is 23.9 Å². The van der Waals surface area contributed by atoms with Crippen LogP contribution < -0.4 is 10.6 Å². The summed E-state index contributed by atoms with van der Waals surface area (Å²) in [6.07, 6.45) is 3.34. The number of phenols is 1. The van der Waals surface area contributed by atoms with E-state index in [1.165, 1.54) is 28.9 Å². The quantitative estimate of drug-likeness (QED) is 0.619. The van der Waals surface area contributed by atoms with Gasteiger partial charge < -0.3 is 25.2 Å². The van der Waals surface area contributed by atoms with Crippen LogP contribution in [0.4, 0.5) is 18.9 Å². The number of thioether (sulfide) groups is 2. The molecule has 0 saturated carbocycles. The lowest BCUT2D eigenvalue weighted by Gasteiger charge is -2.36. The van der Waals surface area contributed by atoms with E-state index in [4.69, 9.17) is 15.2 Å². The number of anilines is 1. The molecular formula is C19H21F3N2O4S2. The maximum atomic E-state index is 12.8. The number of carbonyl (C=O) groups excluding carboxylic acids is 1. The minimum Gasteiger partial charge on any atom is -0.506 e. The Kier molecular flexibility index (Phi) is 7.27. The van der Waals surface area contributed by atoms with Gasteiger partial charge in [0.25, 0.3) is 0 Å². The van der Waals surface area contributed by atoms with E-state index in [0.717, 1.165) is 18.6 Å². The van der Waals surface area contributed by atoms with Gasteiger partial charge in [-0.05, 0) is 48.2 Å². The Labute approximate surface area is 180 Å². The van der Waals surface area contributed by atoms with Crippen molar-refractivity contribution in [1.29, 1.82) is 0 Å². The Bertz CT molecular complexity index is 855. The Morgan fingerprint density at radius 3 is 2.63 bits per heavy atom. The molecule has 164 valence electrons. The highest BCUT2D eigenvalue weighted by atomic mass is 32.2. The van der Waals surface area contributed by atoms with Gasteiger partial charge in [-0.1, -0.05) is 6.92 Å². The molecule has 30 heavy (non-hydrogen) atoms. The van der Waals surface area contributed by atoms with E-state index in [2.05, 4.69) is 0 Å². The number of hydrogen-bond acceptors (Lipinski definition) is 7. The van der Waals surface area contributed by atoms with Crippen LogP contribution in [0, 0.1) is 0 Å². The van der Waals surface area contributed by atoms with E-state index in [-0.39, 0.29) is 28.1 Å². The van der Waals surface area contributed by atoms with Crippen LogP contribution in [0.5, 0.6) is 5.75 Å². The van der Waals surface area contributed by atoms with Crippen LogP contribution in [0.3, 0.4) is 0 Å². The van der Waals surface area contributed by atoms with Gasteiger partial charge in [0.2, 0.25) is 5.91 Å². The molecule has 2 aliphatic rings. The Balaban J connectivity index is 2.06. The zero-order chi connectivity index (χ0) is 21.9. The summed E-state index contributed by atoms with van der Waals surface area (Å²) in [5.74, 6) is -0.341. The number of benzene rings is 1. The van der Waals surface area contributed by atoms with Crippen molar-refractivity contribution < 1.29 is 32.5 Å². The molecule has 1 saturated heterocycles. The normalized spacial score (nSPS) is 20.7. The molecule has 1 amide bonds. The van der Waals surface area contributed by atoms with Crippen LogP contribution in [0.2, 0.25) is 0 Å². The first-order valence-corrected chi connectivity index (χ1v) is 11.0. The number of primary amides is 1. The van der Waals surface area contributed by atoms with Crippen molar-refractivity contribution in [2.45, 2.75) is 36.1 Å². The SMILES string of the molecule is CCSC1=CC(C2OCCCO2)=CN(c2cc(SC(F)(F)F)ccc2O)C1C(N)=O. The zero-order valence-corrected chi connectivity index (χ0v) is 17.6. The Hall–Kier alpha value is -1.82. The third-order valence-electron chi connectivity index (χ3n) is 4.28. The first kappa shape index (κ1) is 22.9. The largest absolute Gasteiger partial charge is 0.506 e. The molecule has 2 heterocycles. The molecular weight excluding hydrogens is 441 g/mol. The molecule has 1 fully saturated rings. The molecule has 1 atom stereocenters. The number of amides is 1. The highest BCUT2D eigenvalue weighted by molar-refractivity contribution is 8.03. The van der Waals surface area contributed by atoms with E-state index in [9.17, 15) is 23.1 Å². The highest BCUT2D eigenvalue weighted by Crippen LogP contribution is 2.43. The lowest BCUT2D eigenvalue weighted by Crippen LogP contribution is -2.45. The molecule has 6 nitrogen and oxygen atoms in total. The number of rotatable bonds is 6. The fourth-order valence-corrected chi connectivity index (χ4v) is 4.66. The van der Waals surface area contributed by atoms with E-state index in [1.807, 2.05) is 6.92 Å². The van der Waals surface area contributed by atoms with Gasteiger partial charge in [-0.25, -0.2) is 0 Å². The number of ether oxygens (including phenoxy) is 2. The Morgan fingerprint density at radius 2 is 2.03 bits per heavy atom. The standard InChI is InChI=1S/C19H21F3N2O4S2/c1-2-29-15-8-11(18-27-6-3-7-28-18)10-24(16(15)17(23)26)13-9-12(4-5-14(13)25)30-19(20,21)22/h4-5,8-10,16,18,25H,2-3,6-7H2,1H3,(H2,23,26). The van der Waals surface area contributed by atoms with E-state index in [1.54, 1.807) is 6.08 Å². The molecule has 0 radical (unpaired) electrons. The maximum absolute atomic E-state index is 12.8. The molecule has 0 bridgehead atoms. The molecule has 11 heteroatoms. The monoisotopic (exact) mass is 462 g/mol. The van der Waals surface area contributed by atoms with Gasteiger partial charge >= 0.3 is 5.51 Å². The van der Waals surface area contributed by atoms with Crippen molar-refractivity contribution in [3.63, 3.8) is 0 Å². The number of phenolic OH excluding ortho intramolecular Hbond substituents is 1. The molecule has 3 N–H and O–H groups in total. The first-order valence-electron chi connectivity index (χ1n) is 9.15. The summed E-state index contributed by atoms with van der Waals surface area (Å²) < 4.78 is 49.8. The summed E-state index contributed by atoms with van der Waals surface area (Å²) in [6.45, 7) is 2.89. The highest BCUT2D eigenvalue weighted by Gasteiger charge is 2.35. The van der Waals surface area contributed by atoms with E-state index < -0.39 is 23.7 Å². The molecule has 1 unspecified atom stereocenters. The summed E-state index contributed by atoms with van der Waals surface area (Å²) in [5, 5.41) is 10.4. The number of hydrogen-bond donors (Lipinski definition) is 2. The number of nitrogens with two attached hydrogens (primary N) is 1. The molecule has 1 aromatic carbocycles. The number of nitrogens with zero attached hydrogens (tertiary/aromatic N) is 1. The average Bonchev–Trinajstić information content (AvgIpc) is 2.68. The third-order valence-corrected chi connectivity index (χ3v) is 5.97. The van der Waals surface area contributed by atoms with Gasteiger partial charge in [0.1, 0.15) is 11.8 Å². The molecule has 0 spiro atoms. The van der Waals surface area contributed by atoms with E-state index >= 15 is 0 Å². The van der Waals surface area contributed by atoms with Crippen LogP contribution >= 0.6 is 23.5 Å². The smallest absolute Gasteiger partial charge is 0.446 e. The molecule has 1 aromatic rings. The van der Waals surface area contributed by atoms with Gasteiger partial charge in [-0.2, -0.15) is 13.2 Å². The van der Waals surface area contributed by atoms with Gasteiger partial charge in [-0.3, -0.25) is 4.79 Å². The number of halogens is 3. The second kappa shape index (κ2) is 9.54. The van der Waals surface area contributed by atoms with Crippen molar-refractivity contribution >= 4 is 35.1 Å². The van der Waals surface area contributed by atoms with Crippen LogP contribution in [-0.2, 0) is 14.3 Å². The van der Waals surface area contributed by atoms with E-state index in [0.29, 0.717) is 29.4 Å². The van der Waals surface area contributed by atoms with Crippen molar-refractivity contribution in [2.24, 2.45) is 5.73 Å². The summed E-state index contributed by atoms with van der Waals surface area (Å²) >= 11 is 1.07. The second-order valence-corrected chi connectivity index (χ2v) is 8.92. The lowest BCUT2D eigenvalue weighted by molar-refractivity contribution is -0.154. The fourth-order valence-electron chi connectivity index (χ4n) is 3.14. The minimum absolute atomic E-state index is 0.0312.